The van der Waals surface area contributed by atoms with Gasteiger partial charge >= 0.3 is 11.9 Å². The number of nitrogens with one attached hydrogen (secondary N) is 1. The van der Waals surface area contributed by atoms with Crippen LogP contribution in [0.4, 0.5) is 0 Å². The highest BCUT2D eigenvalue weighted by Crippen LogP contribution is 2.00. The minimum Gasteiger partial charge on any atom is -0.475 e. The van der Waals surface area contributed by atoms with E-state index in [9.17, 15) is 9.59 Å². The Morgan fingerprint density at radius 1 is 1.35 bits per heavy atom. The van der Waals surface area contributed by atoms with E-state index in [4.69, 9.17) is 5.11 Å². The van der Waals surface area contributed by atoms with Gasteiger partial charge in [-0.1, -0.05) is 30.3 Å². The first-order valence-corrected chi connectivity index (χ1v) is 4.99. The highest BCUT2D eigenvalue weighted by Gasteiger charge is 2.10. The van der Waals surface area contributed by atoms with E-state index in [0.29, 0.717) is 6.54 Å². The maximum atomic E-state index is 10.7. The molecule has 1 aromatic rings. The standard InChI is InChI=1S/C12H13NO4/c1-9(14)17-11(12(15)16)8-13-7-10-5-3-2-4-6-10/h2-6,8,13H,7H2,1H3,(H,15,16)/b11-8-. The molecule has 1 aromatic carbocycles. The molecule has 0 radical (unpaired) electrons. The quantitative estimate of drug-likeness (QED) is 0.456. The molecule has 0 aliphatic rings. The Bertz CT molecular complexity index is 425. The van der Waals surface area contributed by atoms with Crippen molar-refractivity contribution in [2.24, 2.45) is 0 Å². The van der Waals surface area contributed by atoms with Crippen LogP contribution in [0.5, 0.6) is 0 Å². The summed E-state index contributed by atoms with van der Waals surface area (Å²) in [4.78, 5) is 21.3. The van der Waals surface area contributed by atoms with Crippen LogP contribution in [0.1, 0.15) is 12.5 Å². The zero-order valence-electron chi connectivity index (χ0n) is 9.34. The van der Waals surface area contributed by atoms with Crippen molar-refractivity contribution in [1.29, 1.82) is 0 Å². The molecule has 5 heteroatoms. The molecule has 0 amide bonds. The highest BCUT2D eigenvalue weighted by atomic mass is 16.6. The molecule has 0 unspecified atom stereocenters. The molecule has 0 saturated heterocycles. The van der Waals surface area contributed by atoms with Gasteiger partial charge in [-0.05, 0) is 5.56 Å². The zero-order valence-corrected chi connectivity index (χ0v) is 9.34. The first kappa shape index (κ1) is 12.8. The van der Waals surface area contributed by atoms with Crippen LogP contribution >= 0.6 is 0 Å². The summed E-state index contributed by atoms with van der Waals surface area (Å²) in [6.07, 6.45) is 1.16. The van der Waals surface area contributed by atoms with Crippen LogP contribution in [-0.2, 0) is 20.9 Å². The second-order valence-electron chi connectivity index (χ2n) is 3.27. The molecule has 0 aliphatic heterocycles. The van der Waals surface area contributed by atoms with E-state index in [-0.39, 0.29) is 0 Å². The lowest BCUT2D eigenvalue weighted by Gasteiger charge is -2.04. The second-order valence-corrected chi connectivity index (χ2v) is 3.27. The fourth-order valence-corrected chi connectivity index (χ4v) is 1.15. The molecule has 17 heavy (non-hydrogen) atoms. The van der Waals surface area contributed by atoms with Gasteiger partial charge in [-0.2, -0.15) is 0 Å². The van der Waals surface area contributed by atoms with Crippen molar-refractivity contribution in [1.82, 2.24) is 5.32 Å². The molecule has 0 aromatic heterocycles. The molecule has 2 N–H and O–H groups in total. The largest absolute Gasteiger partial charge is 0.475 e. The lowest BCUT2D eigenvalue weighted by atomic mass is 10.2. The number of carboxylic acids is 1. The Morgan fingerprint density at radius 3 is 2.53 bits per heavy atom. The molecular formula is C12H13NO4. The van der Waals surface area contributed by atoms with Crippen LogP contribution in [0.2, 0.25) is 0 Å². The van der Waals surface area contributed by atoms with Crippen molar-refractivity contribution in [3.05, 3.63) is 47.9 Å². The molecule has 0 saturated carbocycles. The minimum absolute atomic E-state index is 0.423. The third-order valence-corrected chi connectivity index (χ3v) is 1.85. The Morgan fingerprint density at radius 2 is 2.00 bits per heavy atom. The molecule has 0 atom stereocenters. The predicted octanol–water partition coefficient (Wildman–Crippen LogP) is 1.27. The zero-order chi connectivity index (χ0) is 12.7. The average Bonchev–Trinajstić information content (AvgIpc) is 2.28. The van der Waals surface area contributed by atoms with Gasteiger partial charge in [0.25, 0.3) is 0 Å². The normalized spacial score (nSPS) is 10.8. The lowest BCUT2D eigenvalue weighted by molar-refractivity contribution is -0.146. The number of esters is 1. The van der Waals surface area contributed by atoms with Crippen LogP contribution in [0.25, 0.3) is 0 Å². The third-order valence-electron chi connectivity index (χ3n) is 1.85. The van der Waals surface area contributed by atoms with E-state index >= 15 is 0 Å². The van der Waals surface area contributed by atoms with E-state index in [0.717, 1.165) is 18.7 Å². The van der Waals surface area contributed by atoms with Crippen LogP contribution in [0.3, 0.4) is 0 Å². The van der Waals surface area contributed by atoms with Crippen LogP contribution < -0.4 is 5.32 Å². The number of aliphatic carboxylic acids is 1. The van der Waals surface area contributed by atoms with Gasteiger partial charge < -0.3 is 15.2 Å². The molecule has 5 nitrogen and oxygen atoms in total. The van der Waals surface area contributed by atoms with Crippen LogP contribution in [0.15, 0.2) is 42.3 Å². The Balaban J connectivity index is 2.55. The van der Waals surface area contributed by atoms with E-state index < -0.39 is 17.7 Å². The maximum Gasteiger partial charge on any atom is 0.373 e. The first-order valence-electron chi connectivity index (χ1n) is 4.99. The summed E-state index contributed by atoms with van der Waals surface area (Å²) in [5, 5.41) is 11.5. The molecule has 0 fully saturated rings. The Hall–Kier alpha value is -2.30. The molecule has 0 heterocycles. The van der Waals surface area contributed by atoms with E-state index in [2.05, 4.69) is 10.1 Å². The fourth-order valence-electron chi connectivity index (χ4n) is 1.15. The minimum atomic E-state index is -1.29. The van der Waals surface area contributed by atoms with Gasteiger partial charge in [0.05, 0.1) is 0 Å². The number of rotatable bonds is 5. The number of hydrogen-bond donors (Lipinski definition) is 2. The summed E-state index contributed by atoms with van der Waals surface area (Å²) < 4.78 is 4.51. The molecule has 0 bridgehead atoms. The summed E-state index contributed by atoms with van der Waals surface area (Å²) in [6.45, 7) is 1.60. The van der Waals surface area contributed by atoms with E-state index in [1.54, 1.807) is 0 Å². The molecule has 90 valence electrons. The van der Waals surface area contributed by atoms with Crippen LogP contribution in [0, 0.1) is 0 Å². The van der Waals surface area contributed by atoms with Crippen molar-refractivity contribution >= 4 is 11.9 Å². The van der Waals surface area contributed by atoms with Gasteiger partial charge in [0.2, 0.25) is 5.76 Å². The first-order chi connectivity index (χ1) is 8.09. The Labute approximate surface area is 98.7 Å². The lowest BCUT2D eigenvalue weighted by Crippen LogP contribution is -2.14. The summed E-state index contributed by atoms with van der Waals surface area (Å²) in [5.41, 5.74) is 0.997. The third kappa shape index (κ3) is 4.83. The van der Waals surface area contributed by atoms with E-state index in [1.165, 1.54) is 0 Å². The van der Waals surface area contributed by atoms with Gasteiger partial charge in [-0.25, -0.2) is 4.79 Å². The van der Waals surface area contributed by atoms with Crippen molar-refractivity contribution in [2.75, 3.05) is 0 Å². The number of carboxylic acid groups (broad SMARTS) is 1. The van der Waals surface area contributed by atoms with Gasteiger partial charge in [0, 0.05) is 19.7 Å². The average molecular weight is 235 g/mol. The smallest absolute Gasteiger partial charge is 0.373 e. The number of hydrogen-bond acceptors (Lipinski definition) is 4. The summed E-state index contributed by atoms with van der Waals surface area (Å²) in [5.74, 6) is -2.38. The topological polar surface area (TPSA) is 75.6 Å². The van der Waals surface area contributed by atoms with Gasteiger partial charge in [-0.3, -0.25) is 4.79 Å². The van der Waals surface area contributed by atoms with Gasteiger partial charge in [0.15, 0.2) is 0 Å². The number of carbonyl (C=O) groups is 2. The number of ether oxygens (including phenoxy) is 1. The fraction of sp³-hybridized carbons (Fsp3) is 0.167. The van der Waals surface area contributed by atoms with Gasteiger partial charge in [-0.15, -0.1) is 0 Å². The molecular weight excluding hydrogens is 222 g/mol. The number of benzene rings is 1. The molecule has 0 spiro atoms. The predicted molar refractivity (Wildman–Crippen MR) is 60.8 cm³/mol. The van der Waals surface area contributed by atoms with Crippen LogP contribution in [-0.4, -0.2) is 17.0 Å². The summed E-state index contributed by atoms with van der Waals surface area (Å²) in [7, 11) is 0. The molecule has 0 aliphatic carbocycles. The Kier molecular flexibility index (Phi) is 4.75. The SMILES string of the molecule is CC(=O)O/C(=C\NCc1ccccc1)C(=O)O. The maximum absolute atomic E-state index is 10.7. The van der Waals surface area contributed by atoms with Crippen molar-refractivity contribution < 1.29 is 19.4 Å². The number of carbonyl (C=O) groups excluding carboxylic acids is 1. The van der Waals surface area contributed by atoms with E-state index in [1.807, 2.05) is 30.3 Å². The van der Waals surface area contributed by atoms with Crippen molar-refractivity contribution in [3.8, 4) is 0 Å². The van der Waals surface area contributed by atoms with Gasteiger partial charge in [0.1, 0.15) is 0 Å². The second kappa shape index (κ2) is 6.32. The van der Waals surface area contributed by atoms with Crippen molar-refractivity contribution in [2.45, 2.75) is 13.5 Å². The monoisotopic (exact) mass is 235 g/mol. The highest BCUT2D eigenvalue weighted by molar-refractivity contribution is 5.87. The summed E-state index contributed by atoms with van der Waals surface area (Å²) in [6, 6.07) is 9.44. The molecule has 1 rings (SSSR count). The van der Waals surface area contributed by atoms with Crippen molar-refractivity contribution in [3.63, 3.8) is 0 Å². The summed E-state index contributed by atoms with van der Waals surface area (Å²) >= 11 is 0.